The Morgan fingerprint density at radius 2 is 1.61 bits per heavy atom. The number of amides is 3. The van der Waals surface area contributed by atoms with Gasteiger partial charge in [-0.25, -0.2) is 4.79 Å². The van der Waals surface area contributed by atoms with Crippen molar-refractivity contribution in [1.29, 1.82) is 0 Å². The summed E-state index contributed by atoms with van der Waals surface area (Å²) in [7, 11) is 1.66. The van der Waals surface area contributed by atoms with Crippen LogP contribution in [0.2, 0.25) is 0 Å². The number of rotatable bonds is 8. The van der Waals surface area contributed by atoms with E-state index in [4.69, 9.17) is 15.2 Å². The zero-order valence-electron chi connectivity index (χ0n) is 20.9. The second-order valence-corrected chi connectivity index (χ2v) is 9.34. The van der Waals surface area contributed by atoms with Gasteiger partial charge in [0, 0.05) is 24.8 Å². The lowest BCUT2D eigenvalue weighted by Crippen LogP contribution is -2.33. The second-order valence-electron chi connectivity index (χ2n) is 9.34. The van der Waals surface area contributed by atoms with Gasteiger partial charge >= 0.3 is 6.09 Å². The minimum atomic E-state index is -0.577. The van der Waals surface area contributed by atoms with Gasteiger partial charge in [-0.3, -0.25) is 9.59 Å². The van der Waals surface area contributed by atoms with Gasteiger partial charge in [0.2, 0.25) is 0 Å². The average Bonchev–Trinajstić information content (AvgIpc) is 2.82. The Bertz CT molecular complexity index is 1250. The van der Waals surface area contributed by atoms with E-state index in [0.717, 1.165) is 11.1 Å². The number of hydrogen-bond donors (Lipinski definition) is 2. The summed E-state index contributed by atoms with van der Waals surface area (Å²) in [5.74, 6) is -0.474. The highest BCUT2D eigenvalue weighted by atomic mass is 16.6. The van der Waals surface area contributed by atoms with Crippen LogP contribution in [0, 0.1) is 0 Å². The quantitative estimate of drug-likeness (QED) is 0.463. The molecule has 0 aliphatic carbocycles. The van der Waals surface area contributed by atoms with Crippen LogP contribution in [0.15, 0.2) is 72.8 Å². The number of primary amides is 1. The maximum atomic E-state index is 12.9. The summed E-state index contributed by atoms with van der Waals surface area (Å²) in [5.41, 5.74) is 7.78. The third-order valence-corrected chi connectivity index (χ3v) is 5.05. The third-order valence-electron chi connectivity index (χ3n) is 5.05. The van der Waals surface area contributed by atoms with Crippen LogP contribution >= 0.6 is 0 Å². The molecule has 3 amide bonds. The minimum Gasteiger partial charge on any atom is -0.488 e. The molecule has 8 nitrogen and oxygen atoms in total. The van der Waals surface area contributed by atoms with Crippen LogP contribution in [0.25, 0.3) is 0 Å². The fourth-order valence-corrected chi connectivity index (χ4v) is 3.39. The fraction of sp³-hybridized carbons (Fsp3) is 0.250. The molecule has 188 valence electrons. The van der Waals surface area contributed by atoms with Gasteiger partial charge in [-0.2, -0.15) is 0 Å². The lowest BCUT2D eigenvalue weighted by atomic mass is 10.1. The molecule has 3 N–H and O–H groups in total. The molecule has 0 heterocycles. The molecule has 0 unspecified atom stereocenters. The van der Waals surface area contributed by atoms with E-state index in [1.54, 1.807) is 55.6 Å². The number of hydrogen-bond acceptors (Lipinski definition) is 5. The summed E-state index contributed by atoms with van der Waals surface area (Å²) < 4.78 is 11.2. The van der Waals surface area contributed by atoms with Crippen molar-refractivity contribution >= 4 is 23.6 Å². The van der Waals surface area contributed by atoms with Gasteiger partial charge < -0.3 is 25.4 Å². The number of anilines is 1. The minimum absolute atomic E-state index is 0.165. The largest absolute Gasteiger partial charge is 0.488 e. The number of ether oxygens (including phenoxy) is 2. The first kappa shape index (κ1) is 26.3. The zero-order valence-corrected chi connectivity index (χ0v) is 20.9. The standard InChI is InChI=1S/C28H31N3O5/c1-28(2,3)36-27(34)31(4)17-19-9-8-12-22(16-19)30-26(33)21-11-7-10-20(15-21)18-35-24-14-6-5-13-23(24)25(29)32/h5-16H,17-18H2,1-4H3,(H2,29,32)(H,30,33). The topological polar surface area (TPSA) is 111 Å². The monoisotopic (exact) mass is 489 g/mol. The molecule has 3 aromatic rings. The zero-order chi connectivity index (χ0) is 26.3. The molecule has 8 heteroatoms. The number of nitrogens with one attached hydrogen (secondary N) is 1. The normalized spacial score (nSPS) is 10.9. The molecule has 0 fully saturated rings. The van der Waals surface area contributed by atoms with Crippen LogP contribution in [0.5, 0.6) is 5.75 Å². The first-order valence-corrected chi connectivity index (χ1v) is 11.5. The highest BCUT2D eigenvalue weighted by molar-refractivity contribution is 6.04. The van der Waals surface area contributed by atoms with E-state index in [0.29, 0.717) is 29.1 Å². The first-order valence-electron chi connectivity index (χ1n) is 11.5. The first-order chi connectivity index (χ1) is 17.0. The van der Waals surface area contributed by atoms with Crippen molar-refractivity contribution in [2.24, 2.45) is 5.73 Å². The van der Waals surface area contributed by atoms with Gasteiger partial charge in [0.05, 0.1) is 5.56 Å². The van der Waals surface area contributed by atoms with E-state index in [9.17, 15) is 14.4 Å². The van der Waals surface area contributed by atoms with Crippen molar-refractivity contribution in [3.05, 3.63) is 95.1 Å². The predicted octanol–water partition coefficient (Wildman–Crippen LogP) is 4.98. The molecule has 0 aromatic heterocycles. The van der Waals surface area contributed by atoms with E-state index in [1.165, 1.54) is 4.90 Å². The molecule has 0 bridgehead atoms. The maximum absolute atomic E-state index is 12.9. The summed E-state index contributed by atoms with van der Waals surface area (Å²) in [6.07, 6.45) is -0.422. The van der Waals surface area contributed by atoms with Crippen molar-refractivity contribution in [1.82, 2.24) is 4.90 Å². The lowest BCUT2D eigenvalue weighted by Gasteiger charge is -2.24. The summed E-state index contributed by atoms with van der Waals surface area (Å²) in [6.45, 7) is 5.94. The van der Waals surface area contributed by atoms with Crippen LogP contribution < -0.4 is 15.8 Å². The fourth-order valence-electron chi connectivity index (χ4n) is 3.39. The SMILES string of the molecule is CN(Cc1cccc(NC(=O)c2cccc(COc3ccccc3C(N)=O)c2)c1)C(=O)OC(C)(C)C. The Morgan fingerprint density at radius 1 is 0.917 bits per heavy atom. The van der Waals surface area contributed by atoms with E-state index >= 15 is 0 Å². The molecule has 0 saturated heterocycles. The van der Waals surface area contributed by atoms with Crippen LogP contribution in [0.4, 0.5) is 10.5 Å². The van der Waals surface area contributed by atoms with Crippen LogP contribution in [0.1, 0.15) is 52.6 Å². The van der Waals surface area contributed by atoms with Gasteiger partial charge in [-0.15, -0.1) is 0 Å². The maximum Gasteiger partial charge on any atom is 0.410 e. The van der Waals surface area contributed by atoms with E-state index < -0.39 is 17.6 Å². The van der Waals surface area contributed by atoms with Crippen molar-refractivity contribution < 1.29 is 23.9 Å². The van der Waals surface area contributed by atoms with Crippen molar-refractivity contribution in [3.63, 3.8) is 0 Å². The van der Waals surface area contributed by atoms with Gasteiger partial charge in [0.1, 0.15) is 18.0 Å². The summed E-state index contributed by atoms with van der Waals surface area (Å²) in [6, 6.07) is 21.0. The summed E-state index contributed by atoms with van der Waals surface area (Å²) in [4.78, 5) is 38.2. The molecule has 0 aliphatic rings. The van der Waals surface area contributed by atoms with Crippen molar-refractivity contribution in [2.45, 2.75) is 39.5 Å². The highest BCUT2D eigenvalue weighted by Gasteiger charge is 2.19. The van der Waals surface area contributed by atoms with E-state index in [1.807, 2.05) is 45.0 Å². The van der Waals surface area contributed by atoms with Gasteiger partial charge in [0.25, 0.3) is 11.8 Å². The Hall–Kier alpha value is -4.33. The molecule has 0 radical (unpaired) electrons. The highest BCUT2D eigenvalue weighted by Crippen LogP contribution is 2.20. The number of nitrogens with zero attached hydrogens (tertiary/aromatic N) is 1. The molecule has 3 rings (SSSR count). The number of benzene rings is 3. The summed E-state index contributed by atoms with van der Waals surface area (Å²) >= 11 is 0. The van der Waals surface area contributed by atoms with E-state index in [-0.39, 0.29) is 12.5 Å². The second kappa shape index (κ2) is 11.4. The smallest absolute Gasteiger partial charge is 0.410 e. The number of nitrogens with two attached hydrogens (primary N) is 1. The molecular formula is C28H31N3O5. The third kappa shape index (κ3) is 7.59. The van der Waals surface area contributed by atoms with Crippen LogP contribution in [-0.2, 0) is 17.9 Å². The van der Waals surface area contributed by atoms with Crippen molar-refractivity contribution in [2.75, 3.05) is 12.4 Å². The Balaban J connectivity index is 1.63. The summed E-state index contributed by atoms with van der Waals surface area (Å²) in [5, 5.41) is 2.89. The molecule has 3 aromatic carbocycles. The number of para-hydroxylation sites is 1. The molecule has 0 aliphatic heterocycles. The Labute approximate surface area is 211 Å². The average molecular weight is 490 g/mol. The lowest BCUT2D eigenvalue weighted by molar-refractivity contribution is 0.0285. The number of carbonyl (C=O) groups excluding carboxylic acids is 3. The molecule has 0 atom stereocenters. The molecular weight excluding hydrogens is 458 g/mol. The van der Waals surface area contributed by atoms with Gasteiger partial charge in [-0.05, 0) is 68.3 Å². The Kier molecular flexibility index (Phi) is 8.32. The van der Waals surface area contributed by atoms with Crippen LogP contribution in [0.3, 0.4) is 0 Å². The van der Waals surface area contributed by atoms with Crippen LogP contribution in [-0.4, -0.2) is 35.5 Å². The Morgan fingerprint density at radius 3 is 2.33 bits per heavy atom. The van der Waals surface area contributed by atoms with E-state index in [2.05, 4.69) is 5.32 Å². The predicted molar refractivity (Wildman–Crippen MR) is 138 cm³/mol. The number of carbonyl (C=O) groups is 3. The molecule has 36 heavy (non-hydrogen) atoms. The molecule has 0 spiro atoms. The van der Waals surface area contributed by atoms with Crippen molar-refractivity contribution in [3.8, 4) is 5.75 Å². The van der Waals surface area contributed by atoms with Gasteiger partial charge in [0.15, 0.2) is 0 Å². The van der Waals surface area contributed by atoms with Gasteiger partial charge in [-0.1, -0.05) is 36.4 Å². The molecule has 0 saturated carbocycles.